The highest BCUT2D eigenvalue weighted by Gasteiger charge is 2.19. The third-order valence-corrected chi connectivity index (χ3v) is 4.28. The summed E-state index contributed by atoms with van der Waals surface area (Å²) in [7, 11) is -3.52. The van der Waals surface area contributed by atoms with E-state index in [1.807, 2.05) is 6.07 Å². The van der Waals surface area contributed by atoms with E-state index < -0.39 is 10.0 Å². The summed E-state index contributed by atoms with van der Waals surface area (Å²) < 4.78 is 25.3. The van der Waals surface area contributed by atoms with Crippen LogP contribution in [-0.2, 0) is 16.6 Å². The highest BCUT2D eigenvalue weighted by molar-refractivity contribution is 7.92. The lowest BCUT2D eigenvalue weighted by molar-refractivity contribution is 0.596. The van der Waals surface area contributed by atoms with Crippen LogP contribution in [0.4, 0.5) is 5.69 Å². The highest BCUT2D eigenvalue weighted by atomic mass is 32.2. The zero-order valence-corrected chi connectivity index (χ0v) is 12.7. The zero-order valence-electron chi connectivity index (χ0n) is 11.9. The molecule has 0 aliphatic carbocycles. The summed E-state index contributed by atoms with van der Waals surface area (Å²) in [6, 6.07) is 17.2. The molecular formula is C16H13N3O2S. The Labute approximate surface area is 129 Å². The van der Waals surface area contributed by atoms with Crippen molar-refractivity contribution in [2.24, 2.45) is 0 Å². The normalized spacial score (nSPS) is 10.5. The number of hydrogen-bond donors (Lipinski definition) is 0. The first kappa shape index (κ1) is 15.6. The number of nitriles is 2. The predicted octanol–water partition coefficient (Wildman–Crippen LogP) is 2.40. The molecule has 2 aromatic rings. The second-order valence-electron chi connectivity index (χ2n) is 4.70. The van der Waals surface area contributed by atoms with Gasteiger partial charge >= 0.3 is 0 Å². The van der Waals surface area contributed by atoms with E-state index in [0.29, 0.717) is 22.4 Å². The molecule has 0 unspecified atom stereocenters. The van der Waals surface area contributed by atoms with Crippen LogP contribution in [0.25, 0.3) is 0 Å². The highest BCUT2D eigenvalue weighted by Crippen LogP contribution is 2.22. The Hall–Kier alpha value is -2.83. The molecule has 0 fully saturated rings. The molecule has 5 nitrogen and oxygen atoms in total. The fourth-order valence-corrected chi connectivity index (χ4v) is 2.90. The summed E-state index contributed by atoms with van der Waals surface area (Å²) >= 11 is 0. The first-order valence-corrected chi connectivity index (χ1v) is 8.26. The maximum absolute atomic E-state index is 12.1. The van der Waals surface area contributed by atoms with Crippen molar-refractivity contribution in [2.75, 3.05) is 10.6 Å². The largest absolute Gasteiger partial charge is 0.266 e. The van der Waals surface area contributed by atoms with Crippen molar-refractivity contribution in [1.29, 1.82) is 10.5 Å². The smallest absolute Gasteiger partial charge is 0.232 e. The van der Waals surface area contributed by atoms with E-state index in [1.165, 1.54) is 4.31 Å². The summed E-state index contributed by atoms with van der Waals surface area (Å²) in [6.07, 6.45) is 1.11. The van der Waals surface area contributed by atoms with Gasteiger partial charge in [0.1, 0.15) is 0 Å². The number of hydrogen-bond acceptors (Lipinski definition) is 4. The molecule has 6 heteroatoms. The lowest BCUT2D eigenvalue weighted by Gasteiger charge is -2.23. The molecule has 0 saturated heterocycles. The van der Waals surface area contributed by atoms with Crippen molar-refractivity contribution in [3.05, 3.63) is 65.2 Å². The van der Waals surface area contributed by atoms with Crippen molar-refractivity contribution in [2.45, 2.75) is 6.54 Å². The van der Waals surface area contributed by atoms with Crippen LogP contribution >= 0.6 is 0 Å². The van der Waals surface area contributed by atoms with Gasteiger partial charge in [0.05, 0.1) is 41.8 Å². The van der Waals surface area contributed by atoms with E-state index in [9.17, 15) is 8.42 Å². The average Bonchev–Trinajstić information content (AvgIpc) is 2.52. The standard InChI is InChI=1S/C16H13N3O2S/c1-22(20,21)19(16-8-6-13(10-17)7-9-16)12-15-5-3-2-4-14(15)11-18/h2-9H,12H2,1H3. The Balaban J connectivity index is 2.44. The van der Waals surface area contributed by atoms with E-state index in [1.54, 1.807) is 48.5 Å². The predicted molar refractivity (Wildman–Crippen MR) is 83.3 cm³/mol. The van der Waals surface area contributed by atoms with Gasteiger partial charge in [0.25, 0.3) is 0 Å². The Morgan fingerprint density at radius 3 is 2.18 bits per heavy atom. The third-order valence-electron chi connectivity index (χ3n) is 3.14. The molecule has 2 rings (SSSR count). The van der Waals surface area contributed by atoms with Crippen LogP contribution in [-0.4, -0.2) is 14.7 Å². The summed E-state index contributed by atoms with van der Waals surface area (Å²) in [5.74, 6) is 0. The molecule has 0 bridgehead atoms. The zero-order chi connectivity index (χ0) is 16.2. The van der Waals surface area contributed by atoms with Crippen LogP contribution in [0.15, 0.2) is 48.5 Å². The first-order valence-electron chi connectivity index (χ1n) is 6.41. The Bertz CT molecular complexity index is 859. The van der Waals surface area contributed by atoms with Crippen molar-refractivity contribution in [1.82, 2.24) is 0 Å². The van der Waals surface area contributed by atoms with E-state index in [4.69, 9.17) is 10.5 Å². The minimum Gasteiger partial charge on any atom is -0.266 e. The Kier molecular flexibility index (Phi) is 4.45. The second kappa shape index (κ2) is 6.30. The maximum Gasteiger partial charge on any atom is 0.232 e. The number of benzene rings is 2. The molecule has 0 aromatic heterocycles. The van der Waals surface area contributed by atoms with Crippen LogP contribution < -0.4 is 4.31 Å². The molecule has 0 heterocycles. The lowest BCUT2D eigenvalue weighted by Crippen LogP contribution is -2.29. The minimum atomic E-state index is -3.52. The van der Waals surface area contributed by atoms with Gasteiger partial charge in [0.2, 0.25) is 10.0 Å². The van der Waals surface area contributed by atoms with E-state index >= 15 is 0 Å². The van der Waals surface area contributed by atoms with E-state index in [0.717, 1.165) is 6.26 Å². The Morgan fingerprint density at radius 2 is 1.64 bits per heavy atom. The number of rotatable bonds is 4. The van der Waals surface area contributed by atoms with Gasteiger partial charge in [-0.05, 0) is 35.9 Å². The quantitative estimate of drug-likeness (QED) is 0.867. The number of anilines is 1. The molecule has 110 valence electrons. The number of sulfonamides is 1. The summed E-state index contributed by atoms with van der Waals surface area (Å²) in [5.41, 5.74) is 1.97. The molecule has 2 aromatic carbocycles. The van der Waals surface area contributed by atoms with Crippen LogP contribution in [0.5, 0.6) is 0 Å². The third kappa shape index (κ3) is 3.43. The van der Waals surface area contributed by atoms with Gasteiger partial charge < -0.3 is 0 Å². The molecule has 0 saturated carbocycles. The Morgan fingerprint density at radius 1 is 1.00 bits per heavy atom. The summed E-state index contributed by atoms with van der Waals surface area (Å²) in [5, 5.41) is 17.9. The lowest BCUT2D eigenvalue weighted by atomic mass is 10.1. The van der Waals surface area contributed by atoms with E-state index in [2.05, 4.69) is 6.07 Å². The maximum atomic E-state index is 12.1. The molecule has 0 N–H and O–H groups in total. The van der Waals surface area contributed by atoms with Gasteiger partial charge in [0, 0.05) is 0 Å². The van der Waals surface area contributed by atoms with Crippen LogP contribution in [0.3, 0.4) is 0 Å². The molecule has 0 radical (unpaired) electrons. The monoisotopic (exact) mass is 311 g/mol. The SMILES string of the molecule is CS(=O)(=O)N(Cc1ccccc1C#N)c1ccc(C#N)cc1. The van der Waals surface area contributed by atoms with Gasteiger partial charge in [-0.2, -0.15) is 10.5 Å². The van der Waals surface area contributed by atoms with Gasteiger partial charge in [-0.3, -0.25) is 4.31 Å². The van der Waals surface area contributed by atoms with Crippen molar-refractivity contribution in [3.63, 3.8) is 0 Å². The minimum absolute atomic E-state index is 0.0640. The number of nitrogens with zero attached hydrogens (tertiary/aromatic N) is 3. The molecule has 0 spiro atoms. The summed E-state index contributed by atoms with van der Waals surface area (Å²) in [4.78, 5) is 0. The van der Waals surface area contributed by atoms with Crippen LogP contribution in [0, 0.1) is 22.7 Å². The molecule has 0 aliphatic heterocycles. The van der Waals surface area contributed by atoms with Gasteiger partial charge in [-0.25, -0.2) is 8.42 Å². The molecule has 0 aliphatic rings. The van der Waals surface area contributed by atoms with Crippen molar-refractivity contribution >= 4 is 15.7 Å². The van der Waals surface area contributed by atoms with Crippen LogP contribution in [0.1, 0.15) is 16.7 Å². The second-order valence-corrected chi connectivity index (χ2v) is 6.60. The molecule has 0 amide bonds. The average molecular weight is 311 g/mol. The molecule has 0 atom stereocenters. The van der Waals surface area contributed by atoms with E-state index in [-0.39, 0.29) is 6.54 Å². The topological polar surface area (TPSA) is 85.0 Å². The van der Waals surface area contributed by atoms with Crippen molar-refractivity contribution in [3.8, 4) is 12.1 Å². The fourth-order valence-electron chi connectivity index (χ4n) is 2.02. The van der Waals surface area contributed by atoms with Crippen LogP contribution in [0.2, 0.25) is 0 Å². The molecule has 22 heavy (non-hydrogen) atoms. The molecular weight excluding hydrogens is 298 g/mol. The first-order chi connectivity index (χ1) is 10.5. The summed E-state index contributed by atoms with van der Waals surface area (Å²) in [6.45, 7) is 0.0640. The van der Waals surface area contributed by atoms with Gasteiger partial charge in [-0.15, -0.1) is 0 Å². The van der Waals surface area contributed by atoms with Crippen molar-refractivity contribution < 1.29 is 8.42 Å². The van der Waals surface area contributed by atoms with Gasteiger partial charge in [-0.1, -0.05) is 18.2 Å². The van der Waals surface area contributed by atoms with Gasteiger partial charge in [0.15, 0.2) is 0 Å². The fraction of sp³-hybridized carbons (Fsp3) is 0.125.